The molecule has 0 saturated carbocycles. The summed E-state index contributed by atoms with van der Waals surface area (Å²) in [6.07, 6.45) is 0. The molecule has 0 fully saturated rings. The number of nitrogens with zero attached hydrogens (tertiary/aromatic N) is 1. The fourth-order valence-corrected chi connectivity index (χ4v) is 3.03. The summed E-state index contributed by atoms with van der Waals surface area (Å²) in [4.78, 5) is 26.4. The maximum Gasteiger partial charge on any atom is 0.338 e. The van der Waals surface area contributed by atoms with Crippen molar-refractivity contribution in [2.24, 2.45) is 0 Å². The van der Waals surface area contributed by atoms with Crippen molar-refractivity contribution >= 4 is 12.0 Å². The lowest BCUT2D eigenvalue weighted by Crippen LogP contribution is -2.48. The van der Waals surface area contributed by atoms with Crippen LogP contribution in [0.15, 0.2) is 59.8 Å². The number of esters is 1. The van der Waals surface area contributed by atoms with Crippen molar-refractivity contribution in [1.29, 1.82) is 0 Å². The molecule has 0 unspecified atom stereocenters. The van der Waals surface area contributed by atoms with E-state index in [9.17, 15) is 18.4 Å². The number of hydrogen-bond acceptors (Lipinski definition) is 4. The highest BCUT2D eigenvalue weighted by Gasteiger charge is 2.37. The lowest BCUT2D eigenvalue weighted by molar-refractivity contribution is -0.139. The van der Waals surface area contributed by atoms with Gasteiger partial charge in [0.2, 0.25) is 0 Å². The van der Waals surface area contributed by atoms with Gasteiger partial charge in [-0.25, -0.2) is 18.4 Å². The van der Waals surface area contributed by atoms with Gasteiger partial charge in [-0.2, -0.15) is 0 Å². The first-order valence-electron chi connectivity index (χ1n) is 8.99. The third-order valence-electron chi connectivity index (χ3n) is 4.46. The Morgan fingerprint density at radius 3 is 2.62 bits per heavy atom. The molecule has 6 nitrogen and oxygen atoms in total. The second-order valence-corrected chi connectivity index (χ2v) is 6.30. The predicted molar refractivity (Wildman–Crippen MR) is 101 cm³/mol. The third-order valence-corrected chi connectivity index (χ3v) is 4.46. The number of urea groups is 1. The van der Waals surface area contributed by atoms with E-state index in [1.807, 2.05) is 0 Å². The quantitative estimate of drug-likeness (QED) is 0.751. The second kappa shape index (κ2) is 8.72. The van der Waals surface area contributed by atoms with Crippen molar-refractivity contribution < 1.29 is 27.8 Å². The van der Waals surface area contributed by atoms with E-state index in [2.05, 4.69) is 5.32 Å². The van der Waals surface area contributed by atoms with Crippen LogP contribution in [0.3, 0.4) is 0 Å². The minimum Gasteiger partial charge on any atom is -0.484 e. The van der Waals surface area contributed by atoms with Crippen LogP contribution in [0.2, 0.25) is 0 Å². The van der Waals surface area contributed by atoms with Gasteiger partial charge in [0.15, 0.2) is 11.6 Å². The Morgan fingerprint density at radius 1 is 1.17 bits per heavy atom. The molecule has 0 saturated heterocycles. The van der Waals surface area contributed by atoms with E-state index in [0.29, 0.717) is 5.56 Å². The summed E-state index contributed by atoms with van der Waals surface area (Å²) in [6.45, 7) is 1.50. The van der Waals surface area contributed by atoms with E-state index in [1.54, 1.807) is 19.1 Å². The second-order valence-electron chi connectivity index (χ2n) is 6.30. The first-order chi connectivity index (χ1) is 13.9. The zero-order chi connectivity index (χ0) is 21.0. The van der Waals surface area contributed by atoms with Crippen LogP contribution in [0.5, 0.6) is 5.75 Å². The van der Waals surface area contributed by atoms with Gasteiger partial charge in [0.1, 0.15) is 12.4 Å². The molecule has 2 aromatic carbocycles. The molecule has 0 radical (unpaired) electrons. The molecule has 0 spiro atoms. The minimum atomic E-state index is -0.937. The van der Waals surface area contributed by atoms with Gasteiger partial charge >= 0.3 is 12.0 Å². The Hall–Kier alpha value is -3.42. The van der Waals surface area contributed by atoms with Gasteiger partial charge in [-0.3, -0.25) is 4.90 Å². The molecular weight excluding hydrogens is 382 g/mol. The van der Waals surface area contributed by atoms with Gasteiger partial charge in [-0.15, -0.1) is 0 Å². The molecule has 2 aromatic rings. The first-order valence-corrected chi connectivity index (χ1v) is 8.99. The van der Waals surface area contributed by atoms with Crippen LogP contribution in [-0.4, -0.2) is 37.2 Å². The summed E-state index contributed by atoms with van der Waals surface area (Å²) in [5, 5.41) is 2.67. The SMILES string of the molecule is CCOC(=O)C1=C(COc2ccccc2F)N(C)C(=O)N[C@@H]1c1cccc(F)c1. The highest BCUT2D eigenvalue weighted by molar-refractivity contribution is 5.95. The monoisotopic (exact) mass is 402 g/mol. The van der Waals surface area contributed by atoms with E-state index in [-0.39, 0.29) is 30.2 Å². The number of carbonyl (C=O) groups excluding carboxylic acids is 2. The van der Waals surface area contributed by atoms with Crippen molar-refractivity contribution in [3.8, 4) is 5.75 Å². The molecule has 2 amide bonds. The summed E-state index contributed by atoms with van der Waals surface area (Å²) in [5.74, 6) is -1.79. The van der Waals surface area contributed by atoms with Crippen molar-refractivity contribution in [3.63, 3.8) is 0 Å². The van der Waals surface area contributed by atoms with E-state index in [0.717, 1.165) is 0 Å². The Bertz CT molecular complexity index is 961. The van der Waals surface area contributed by atoms with Crippen molar-refractivity contribution in [2.75, 3.05) is 20.3 Å². The van der Waals surface area contributed by atoms with E-state index >= 15 is 0 Å². The zero-order valence-electron chi connectivity index (χ0n) is 15.9. The van der Waals surface area contributed by atoms with Crippen LogP contribution in [0.1, 0.15) is 18.5 Å². The topological polar surface area (TPSA) is 67.9 Å². The highest BCUT2D eigenvalue weighted by atomic mass is 19.1. The largest absolute Gasteiger partial charge is 0.484 e. The minimum absolute atomic E-state index is 0.0232. The maximum absolute atomic E-state index is 13.9. The summed E-state index contributed by atoms with van der Waals surface area (Å²) in [7, 11) is 1.45. The molecule has 8 heteroatoms. The Kier molecular flexibility index (Phi) is 6.11. The Balaban J connectivity index is 2.05. The number of para-hydroxylation sites is 1. The maximum atomic E-state index is 13.9. The molecule has 1 aliphatic heterocycles. The smallest absolute Gasteiger partial charge is 0.338 e. The number of benzene rings is 2. The molecule has 0 bridgehead atoms. The number of halogens is 2. The molecule has 1 N–H and O–H groups in total. The molecule has 29 heavy (non-hydrogen) atoms. The van der Waals surface area contributed by atoms with Crippen molar-refractivity contribution in [1.82, 2.24) is 10.2 Å². The van der Waals surface area contributed by atoms with E-state index in [1.165, 1.54) is 48.3 Å². The Labute approximate surface area is 166 Å². The lowest BCUT2D eigenvalue weighted by Gasteiger charge is -2.34. The standard InChI is InChI=1S/C21H20F2N2O4/c1-3-28-20(26)18-16(12-29-17-10-5-4-9-15(17)23)25(2)21(27)24-19(18)13-7-6-8-14(22)11-13/h4-11,19H,3,12H2,1-2H3,(H,24,27)/t19-/m1/s1. The number of carbonyl (C=O) groups is 2. The van der Waals surface area contributed by atoms with Crippen LogP contribution in [0, 0.1) is 11.6 Å². The fourth-order valence-electron chi connectivity index (χ4n) is 3.03. The molecule has 0 aromatic heterocycles. The molecule has 1 aliphatic rings. The predicted octanol–water partition coefficient (Wildman–Crippen LogP) is 3.56. The average molecular weight is 402 g/mol. The molecule has 1 heterocycles. The van der Waals surface area contributed by atoms with Gasteiger partial charge < -0.3 is 14.8 Å². The average Bonchev–Trinajstić information content (AvgIpc) is 2.70. The molecule has 1 atom stereocenters. The lowest BCUT2D eigenvalue weighted by atomic mass is 9.94. The number of amides is 2. The zero-order valence-corrected chi connectivity index (χ0v) is 15.9. The molecule has 3 rings (SSSR count). The van der Waals surface area contributed by atoms with Crippen LogP contribution in [0.25, 0.3) is 0 Å². The fraction of sp³-hybridized carbons (Fsp3) is 0.238. The highest BCUT2D eigenvalue weighted by Crippen LogP contribution is 2.32. The van der Waals surface area contributed by atoms with Gasteiger partial charge in [0, 0.05) is 7.05 Å². The van der Waals surface area contributed by atoms with Crippen LogP contribution >= 0.6 is 0 Å². The molecule has 0 aliphatic carbocycles. The van der Waals surface area contributed by atoms with Gasteiger partial charge in [-0.05, 0) is 36.8 Å². The van der Waals surface area contributed by atoms with E-state index in [4.69, 9.17) is 9.47 Å². The van der Waals surface area contributed by atoms with Crippen molar-refractivity contribution in [2.45, 2.75) is 13.0 Å². The van der Waals surface area contributed by atoms with E-state index < -0.39 is 29.7 Å². The van der Waals surface area contributed by atoms with Crippen molar-refractivity contribution in [3.05, 3.63) is 77.0 Å². The summed E-state index contributed by atoms with van der Waals surface area (Å²) >= 11 is 0. The van der Waals surface area contributed by atoms with Crippen LogP contribution < -0.4 is 10.1 Å². The number of hydrogen-bond donors (Lipinski definition) is 1. The van der Waals surface area contributed by atoms with Crippen LogP contribution in [-0.2, 0) is 9.53 Å². The van der Waals surface area contributed by atoms with Gasteiger partial charge in [-0.1, -0.05) is 24.3 Å². The van der Waals surface area contributed by atoms with Gasteiger partial charge in [0.05, 0.1) is 23.9 Å². The molecular formula is C21H20F2N2O4. The number of nitrogens with one attached hydrogen (secondary N) is 1. The summed E-state index contributed by atoms with van der Waals surface area (Å²) in [5.41, 5.74) is 0.665. The van der Waals surface area contributed by atoms with Crippen LogP contribution in [0.4, 0.5) is 13.6 Å². The summed E-state index contributed by atoms with van der Waals surface area (Å²) < 4.78 is 38.4. The number of ether oxygens (including phenoxy) is 2. The summed E-state index contributed by atoms with van der Waals surface area (Å²) in [6, 6.07) is 9.91. The molecule has 152 valence electrons. The normalized spacial score (nSPS) is 16.5. The Morgan fingerprint density at radius 2 is 1.93 bits per heavy atom. The number of likely N-dealkylation sites (N-methyl/N-ethyl adjacent to an activating group) is 1. The number of rotatable bonds is 6. The van der Waals surface area contributed by atoms with Gasteiger partial charge in [0.25, 0.3) is 0 Å². The third kappa shape index (κ3) is 4.37. The first kappa shape index (κ1) is 20.3.